The Morgan fingerprint density at radius 1 is 1.19 bits per heavy atom. The Morgan fingerprint density at radius 3 is 2.29 bits per heavy atom. The lowest BCUT2D eigenvalue weighted by atomic mass is 9.79. The predicted molar refractivity (Wildman–Crippen MR) is 89.7 cm³/mol. The van der Waals surface area contributed by atoms with Gasteiger partial charge in [-0.1, -0.05) is 44.2 Å². The van der Waals surface area contributed by atoms with E-state index in [9.17, 15) is 0 Å². The lowest BCUT2D eigenvalue weighted by molar-refractivity contribution is -0.266. The van der Waals surface area contributed by atoms with E-state index >= 15 is 0 Å². The summed E-state index contributed by atoms with van der Waals surface area (Å²) in [4.78, 5) is 0. The summed E-state index contributed by atoms with van der Waals surface area (Å²) >= 11 is 0. The molecule has 1 unspecified atom stereocenters. The molecule has 1 fully saturated rings. The first-order valence-electron chi connectivity index (χ1n) is 7.85. The van der Waals surface area contributed by atoms with Crippen molar-refractivity contribution in [2.24, 2.45) is 5.92 Å². The molecule has 1 saturated heterocycles. The van der Waals surface area contributed by atoms with Crippen molar-refractivity contribution in [3.63, 3.8) is 0 Å². The van der Waals surface area contributed by atoms with Crippen molar-refractivity contribution in [2.45, 2.75) is 57.8 Å². The molecular formula is C17H29NO2Si. The maximum atomic E-state index is 6.55. The fourth-order valence-corrected chi connectivity index (χ4v) is 4.43. The van der Waals surface area contributed by atoms with E-state index in [0.29, 0.717) is 5.92 Å². The van der Waals surface area contributed by atoms with E-state index in [4.69, 9.17) is 9.16 Å². The Balaban J connectivity index is 2.29. The van der Waals surface area contributed by atoms with Gasteiger partial charge in [0.2, 0.25) is 0 Å². The van der Waals surface area contributed by atoms with Crippen molar-refractivity contribution in [1.29, 1.82) is 0 Å². The van der Waals surface area contributed by atoms with Gasteiger partial charge in [-0.3, -0.25) is 5.32 Å². The second-order valence-corrected chi connectivity index (χ2v) is 11.8. The fourth-order valence-electron chi connectivity index (χ4n) is 3.13. The summed E-state index contributed by atoms with van der Waals surface area (Å²) in [6.45, 7) is 11.2. The minimum atomic E-state index is -1.72. The summed E-state index contributed by atoms with van der Waals surface area (Å²) in [5, 5.41) is 3.66. The molecule has 1 N–H and O–H groups in total. The van der Waals surface area contributed by atoms with Gasteiger partial charge < -0.3 is 9.16 Å². The van der Waals surface area contributed by atoms with Gasteiger partial charge >= 0.3 is 0 Å². The number of rotatable bonds is 6. The van der Waals surface area contributed by atoms with Crippen LogP contribution in [0.15, 0.2) is 30.3 Å². The molecule has 0 spiro atoms. The van der Waals surface area contributed by atoms with Gasteiger partial charge in [-0.2, -0.15) is 0 Å². The standard InChI is InChI=1S/C17H29NO2Si/c1-13(2)12-15-17(19-3,20-21(4,5)6)16(18-15)14-10-8-7-9-11-14/h7-11,13,15-16,18H,12H2,1-6H3/t15-,16+,17?/m0/s1. The maximum Gasteiger partial charge on any atom is 0.194 e. The molecule has 1 aliphatic rings. The van der Waals surface area contributed by atoms with Gasteiger partial charge in [0.15, 0.2) is 14.1 Å². The molecule has 1 aromatic carbocycles. The third kappa shape index (κ3) is 3.56. The summed E-state index contributed by atoms with van der Waals surface area (Å²) in [6.07, 6.45) is 1.06. The SMILES string of the molecule is COC1(O[Si](C)(C)C)[C@H](CC(C)C)N[C@@H]1c1ccccc1. The molecule has 0 radical (unpaired) electrons. The van der Waals surface area contributed by atoms with E-state index in [1.54, 1.807) is 7.11 Å². The van der Waals surface area contributed by atoms with Gasteiger partial charge in [-0.25, -0.2) is 0 Å². The second kappa shape index (κ2) is 6.21. The van der Waals surface area contributed by atoms with Crippen LogP contribution in [-0.2, 0) is 9.16 Å². The number of ether oxygens (including phenoxy) is 1. The molecule has 3 nitrogen and oxygen atoms in total. The van der Waals surface area contributed by atoms with Crippen LogP contribution in [0.2, 0.25) is 19.6 Å². The van der Waals surface area contributed by atoms with E-state index < -0.39 is 14.1 Å². The summed E-state index contributed by atoms with van der Waals surface area (Å²) in [7, 11) is 0.0661. The van der Waals surface area contributed by atoms with Crippen molar-refractivity contribution in [2.75, 3.05) is 7.11 Å². The molecular weight excluding hydrogens is 278 g/mol. The molecule has 1 aliphatic heterocycles. The molecule has 0 bridgehead atoms. The first-order valence-corrected chi connectivity index (χ1v) is 11.3. The van der Waals surface area contributed by atoms with Crippen LogP contribution < -0.4 is 5.32 Å². The highest BCUT2D eigenvalue weighted by Crippen LogP contribution is 2.45. The average Bonchev–Trinajstić information content (AvgIpc) is 2.40. The van der Waals surface area contributed by atoms with Crippen LogP contribution in [-0.4, -0.2) is 27.3 Å². The van der Waals surface area contributed by atoms with Crippen LogP contribution >= 0.6 is 0 Å². The quantitative estimate of drug-likeness (QED) is 0.638. The predicted octanol–water partition coefficient (Wildman–Crippen LogP) is 3.94. The van der Waals surface area contributed by atoms with Gasteiger partial charge in [-0.05, 0) is 37.5 Å². The maximum absolute atomic E-state index is 6.55. The van der Waals surface area contributed by atoms with Crippen LogP contribution in [0.1, 0.15) is 31.9 Å². The topological polar surface area (TPSA) is 30.5 Å². The molecule has 1 heterocycles. The number of benzene rings is 1. The van der Waals surface area contributed by atoms with Crippen LogP contribution in [0.4, 0.5) is 0 Å². The van der Waals surface area contributed by atoms with Crippen molar-refractivity contribution in [3.05, 3.63) is 35.9 Å². The zero-order valence-corrected chi connectivity index (χ0v) is 15.1. The molecule has 2 rings (SSSR count). The van der Waals surface area contributed by atoms with Gasteiger partial charge in [0, 0.05) is 7.11 Å². The van der Waals surface area contributed by atoms with Gasteiger partial charge in [0.1, 0.15) is 0 Å². The highest BCUT2D eigenvalue weighted by Gasteiger charge is 2.58. The zero-order valence-electron chi connectivity index (χ0n) is 14.1. The molecule has 0 aliphatic carbocycles. The number of methoxy groups -OCH3 is 1. The highest BCUT2D eigenvalue weighted by molar-refractivity contribution is 6.69. The van der Waals surface area contributed by atoms with Gasteiger partial charge in [-0.15, -0.1) is 0 Å². The first kappa shape index (κ1) is 16.7. The third-order valence-corrected chi connectivity index (χ3v) is 4.81. The van der Waals surface area contributed by atoms with E-state index in [1.165, 1.54) is 5.56 Å². The van der Waals surface area contributed by atoms with Gasteiger partial charge in [0.05, 0.1) is 12.1 Å². The monoisotopic (exact) mass is 307 g/mol. The minimum Gasteiger partial charge on any atom is -0.388 e. The van der Waals surface area contributed by atoms with Crippen LogP contribution in [0.5, 0.6) is 0 Å². The molecule has 0 aromatic heterocycles. The minimum absolute atomic E-state index is 0.110. The zero-order chi connectivity index (χ0) is 15.7. The number of nitrogens with one attached hydrogen (secondary N) is 1. The Bertz CT molecular complexity index is 458. The molecule has 3 atom stereocenters. The van der Waals surface area contributed by atoms with Crippen molar-refractivity contribution >= 4 is 8.32 Å². The van der Waals surface area contributed by atoms with E-state index in [-0.39, 0.29) is 12.1 Å². The average molecular weight is 308 g/mol. The van der Waals surface area contributed by atoms with Gasteiger partial charge in [0.25, 0.3) is 0 Å². The Hall–Kier alpha value is -0.683. The lowest BCUT2D eigenvalue weighted by Crippen LogP contribution is -2.73. The van der Waals surface area contributed by atoms with Crippen LogP contribution in [0.25, 0.3) is 0 Å². The Kier molecular flexibility index (Phi) is 4.93. The summed E-state index contributed by atoms with van der Waals surface area (Å²) < 4.78 is 12.5. The van der Waals surface area contributed by atoms with E-state index in [1.807, 2.05) is 6.07 Å². The fraction of sp³-hybridized carbons (Fsp3) is 0.647. The van der Waals surface area contributed by atoms with Crippen LogP contribution in [0, 0.1) is 5.92 Å². The summed E-state index contributed by atoms with van der Waals surface area (Å²) in [6, 6.07) is 10.8. The number of hydrogen-bond donors (Lipinski definition) is 1. The molecule has 21 heavy (non-hydrogen) atoms. The lowest BCUT2D eigenvalue weighted by Gasteiger charge is -2.57. The first-order chi connectivity index (χ1) is 9.78. The largest absolute Gasteiger partial charge is 0.388 e. The molecule has 0 saturated carbocycles. The van der Waals surface area contributed by atoms with Crippen LogP contribution in [0.3, 0.4) is 0 Å². The number of hydrogen-bond acceptors (Lipinski definition) is 3. The molecule has 0 amide bonds. The summed E-state index contributed by atoms with van der Waals surface area (Å²) in [5.41, 5.74) is 1.23. The second-order valence-electron chi connectivity index (χ2n) is 7.33. The van der Waals surface area contributed by atoms with E-state index in [2.05, 4.69) is 63.1 Å². The Morgan fingerprint density at radius 2 is 1.81 bits per heavy atom. The molecule has 4 heteroatoms. The van der Waals surface area contributed by atoms with Crippen molar-refractivity contribution in [1.82, 2.24) is 5.32 Å². The summed E-state index contributed by atoms with van der Waals surface area (Å²) in [5.74, 6) is 0.0785. The van der Waals surface area contributed by atoms with E-state index in [0.717, 1.165) is 6.42 Å². The molecule has 1 aromatic rings. The molecule has 118 valence electrons. The smallest absolute Gasteiger partial charge is 0.194 e. The Labute approximate surface area is 130 Å². The third-order valence-electron chi connectivity index (χ3n) is 3.88. The normalized spacial score (nSPS) is 29.5. The van der Waals surface area contributed by atoms with Crippen molar-refractivity contribution < 1.29 is 9.16 Å². The highest BCUT2D eigenvalue weighted by atomic mass is 28.4. The van der Waals surface area contributed by atoms with Crippen molar-refractivity contribution in [3.8, 4) is 0 Å².